The van der Waals surface area contributed by atoms with E-state index in [1.807, 2.05) is 13.8 Å². The summed E-state index contributed by atoms with van der Waals surface area (Å²) in [7, 11) is 2.44. The Morgan fingerprint density at radius 2 is 1.88 bits per heavy atom. The smallest absolute Gasteiger partial charge is 0.356 e. The van der Waals surface area contributed by atoms with Crippen molar-refractivity contribution in [2.24, 2.45) is 0 Å². The van der Waals surface area contributed by atoms with Gasteiger partial charge in [-0.3, -0.25) is 4.79 Å². The quantitative estimate of drug-likeness (QED) is 0.383. The van der Waals surface area contributed by atoms with E-state index in [9.17, 15) is 14.0 Å². The minimum atomic E-state index is -2.47. The van der Waals surface area contributed by atoms with Crippen LogP contribution in [0, 0.1) is 0 Å². The van der Waals surface area contributed by atoms with Crippen LogP contribution in [0.5, 0.6) is 5.75 Å². The molecule has 1 aromatic carbocycles. The molecule has 5 nitrogen and oxygen atoms in total. The standard InChI is InChI=1S/C16H21F2NO4S/c1-5-19(6-2)24-16(18,15(21)23-4)10-11-7-8-12(22-3)9-13(11)14(17)20/h7-9H,5-6,10H2,1-4H3. The van der Waals surface area contributed by atoms with E-state index in [0.717, 1.165) is 7.11 Å². The number of hydrogen-bond acceptors (Lipinski definition) is 6. The Kier molecular flexibility index (Phi) is 7.62. The van der Waals surface area contributed by atoms with Crippen molar-refractivity contribution in [2.45, 2.75) is 25.3 Å². The second-order valence-electron chi connectivity index (χ2n) is 4.90. The topological polar surface area (TPSA) is 55.8 Å². The minimum absolute atomic E-state index is 0.0656. The maximum Gasteiger partial charge on any atom is 0.356 e. The van der Waals surface area contributed by atoms with Gasteiger partial charge in [-0.2, -0.15) is 4.39 Å². The Morgan fingerprint density at radius 3 is 2.33 bits per heavy atom. The molecule has 0 bridgehead atoms. The van der Waals surface area contributed by atoms with E-state index in [0.29, 0.717) is 25.0 Å². The number of alkyl halides is 1. The monoisotopic (exact) mass is 361 g/mol. The number of nitrogens with zero attached hydrogens (tertiary/aromatic N) is 1. The molecule has 0 saturated carbocycles. The van der Waals surface area contributed by atoms with Gasteiger partial charge in [0.15, 0.2) is 0 Å². The van der Waals surface area contributed by atoms with Crippen LogP contribution < -0.4 is 4.74 Å². The van der Waals surface area contributed by atoms with Crippen molar-refractivity contribution in [2.75, 3.05) is 27.3 Å². The summed E-state index contributed by atoms with van der Waals surface area (Å²) in [4.78, 5) is 23.2. The Balaban J connectivity index is 3.23. The fraction of sp³-hybridized carbons (Fsp3) is 0.500. The number of hydrogen-bond donors (Lipinski definition) is 0. The number of carbonyl (C=O) groups excluding carboxylic acids is 2. The van der Waals surface area contributed by atoms with Gasteiger partial charge in [-0.05, 0) is 29.6 Å². The third-order valence-electron chi connectivity index (χ3n) is 3.42. The van der Waals surface area contributed by atoms with Crippen LogP contribution in [0.4, 0.5) is 8.78 Å². The molecule has 134 valence electrons. The highest BCUT2D eigenvalue weighted by atomic mass is 32.2. The van der Waals surface area contributed by atoms with Gasteiger partial charge >= 0.3 is 12.0 Å². The summed E-state index contributed by atoms with van der Waals surface area (Å²) in [5, 5.41) is -2.47. The van der Waals surface area contributed by atoms with Gasteiger partial charge in [0.25, 0.3) is 5.00 Å². The van der Waals surface area contributed by atoms with Crippen LogP contribution in [0.3, 0.4) is 0 Å². The van der Waals surface area contributed by atoms with Crippen molar-refractivity contribution in [3.63, 3.8) is 0 Å². The number of halogens is 2. The highest BCUT2D eigenvalue weighted by molar-refractivity contribution is 7.99. The van der Waals surface area contributed by atoms with E-state index < -0.39 is 23.4 Å². The van der Waals surface area contributed by atoms with Crippen molar-refractivity contribution in [1.82, 2.24) is 4.31 Å². The van der Waals surface area contributed by atoms with Gasteiger partial charge in [0, 0.05) is 19.5 Å². The Bertz CT molecular complexity index is 595. The Morgan fingerprint density at radius 1 is 1.25 bits per heavy atom. The number of esters is 1. The van der Waals surface area contributed by atoms with E-state index in [2.05, 4.69) is 4.74 Å². The Hall–Kier alpha value is -1.67. The van der Waals surface area contributed by atoms with E-state index in [1.165, 1.54) is 25.3 Å². The Labute approximate surface area is 144 Å². The van der Waals surface area contributed by atoms with Gasteiger partial charge in [0.05, 0.1) is 19.8 Å². The predicted molar refractivity (Wildman–Crippen MR) is 88.5 cm³/mol. The second-order valence-corrected chi connectivity index (χ2v) is 6.25. The molecule has 1 atom stereocenters. The van der Waals surface area contributed by atoms with Gasteiger partial charge in [0.2, 0.25) is 0 Å². The molecule has 0 fully saturated rings. The summed E-state index contributed by atoms with van der Waals surface area (Å²) >= 11 is 0.677. The molecular weight excluding hydrogens is 340 g/mol. The highest BCUT2D eigenvalue weighted by Crippen LogP contribution is 2.36. The maximum absolute atomic E-state index is 15.3. The highest BCUT2D eigenvalue weighted by Gasteiger charge is 2.43. The fourth-order valence-corrected chi connectivity index (χ4v) is 3.16. The zero-order chi connectivity index (χ0) is 18.3. The van der Waals surface area contributed by atoms with Crippen LogP contribution in [-0.4, -0.2) is 48.6 Å². The van der Waals surface area contributed by atoms with Crippen molar-refractivity contribution in [3.8, 4) is 5.75 Å². The molecule has 0 radical (unpaired) electrons. The third kappa shape index (κ3) is 4.91. The first kappa shape index (κ1) is 20.4. The molecular formula is C16H21F2NO4S. The number of benzene rings is 1. The molecule has 0 aromatic heterocycles. The largest absolute Gasteiger partial charge is 0.497 e. The first-order valence-corrected chi connectivity index (χ1v) is 8.16. The molecule has 8 heteroatoms. The minimum Gasteiger partial charge on any atom is -0.497 e. The predicted octanol–water partition coefficient (Wildman–Crippen LogP) is 3.18. The summed E-state index contributed by atoms with van der Waals surface area (Å²) in [6, 6.07) is 2.30. The maximum atomic E-state index is 15.3. The molecule has 0 saturated heterocycles. The summed E-state index contributed by atoms with van der Waals surface area (Å²) in [5.74, 6) is -0.828. The molecule has 1 rings (SSSR count). The van der Waals surface area contributed by atoms with Gasteiger partial charge in [0.1, 0.15) is 5.75 Å². The van der Waals surface area contributed by atoms with Crippen molar-refractivity contribution in [1.29, 1.82) is 0 Å². The van der Waals surface area contributed by atoms with Crippen LogP contribution in [-0.2, 0) is 16.0 Å². The van der Waals surface area contributed by atoms with E-state index in [-0.39, 0.29) is 16.9 Å². The molecule has 1 aromatic rings. The van der Waals surface area contributed by atoms with Gasteiger partial charge in [-0.1, -0.05) is 19.9 Å². The van der Waals surface area contributed by atoms with E-state index in [1.54, 1.807) is 4.31 Å². The molecule has 0 aliphatic carbocycles. The molecule has 1 unspecified atom stereocenters. The molecule has 24 heavy (non-hydrogen) atoms. The number of methoxy groups -OCH3 is 2. The summed E-state index contributed by atoms with van der Waals surface area (Å²) in [5.41, 5.74) is -0.267. The van der Waals surface area contributed by atoms with E-state index in [4.69, 9.17) is 4.74 Å². The average molecular weight is 361 g/mol. The second kappa shape index (κ2) is 8.98. The van der Waals surface area contributed by atoms with E-state index >= 15 is 4.39 Å². The fourth-order valence-electron chi connectivity index (χ4n) is 2.12. The number of ether oxygens (including phenoxy) is 2. The first-order valence-electron chi connectivity index (χ1n) is 7.39. The molecule has 0 spiro atoms. The molecule has 0 aliphatic rings. The van der Waals surface area contributed by atoms with Crippen molar-refractivity contribution in [3.05, 3.63) is 29.3 Å². The average Bonchev–Trinajstić information content (AvgIpc) is 2.58. The zero-order valence-corrected chi connectivity index (χ0v) is 14.9. The lowest BCUT2D eigenvalue weighted by atomic mass is 10.0. The first-order chi connectivity index (χ1) is 11.3. The van der Waals surface area contributed by atoms with Crippen LogP contribution in [0.25, 0.3) is 0 Å². The SMILES string of the molecule is CCN(CC)SC(F)(Cc1ccc(OC)cc1C(=O)F)C(=O)OC. The lowest BCUT2D eigenvalue weighted by Crippen LogP contribution is -2.38. The lowest BCUT2D eigenvalue weighted by molar-refractivity contribution is -0.148. The molecule has 0 N–H and O–H groups in total. The van der Waals surface area contributed by atoms with Crippen LogP contribution in [0.15, 0.2) is 18.2 Å². The lowest BCUT2D eigenvalue weighted by Gasteiger charge is -2.28. The molecule has 0 heterocycles. The zero-order valence-electron chi connectivity index (χ0n) is 14.1. The number of carbonyl (C=O) groups is 2. The van der Waals surface area contributed by atoms with Crippen molar-refractivity contribution < 1.29 is 27.8 Å². The molecule has 0 amide bonds. The number of rotatable bonds is 9. The molecule has 0 aliphatic heterocycles. The van der Waals surface area contributed by atoms with Gasteiger partial charge < -0.3 is 9.47 Å². The summed E-state index contributed by atoms with van der Waals surface area (Å²) in [6.07, 6.45) is -0.504. The summed E-state index contributed by atoms with van der Waals surface area (Å²) in [6.45, 7) is 4.64. The van der Waals surface area contributed by atoms with Crippen molar-refractivity contribution >= 4 is 24.0 Å². The van der Waals surface area contributed by atoms with Crippen LogP contribution in [0.2, 0.25) is 0 Å². The van der Waals surface area contributed by atoms with Gasteiger partial charge in [-0.15, -0.1) is 0 Å². The van der Waals surface area contributed by atoms with Crippen LogP contribution >= 0.6 is 11.9 Å². The van der Waals surface area contributed by atoms with Gasteiger partial charge in [-0.25, -0.2) is 13.5 Å². The third-order valence-corrected chi connectivity index (χ3v) is 4.79. The normalized spacial score (nSPS) is 13.5. The summed E-state index contributed by atoms with van der Waals surface area (Å²) < 4.78 is 39.8. The van der Waals surface area contributed by atoms with Crippen LogP contribution in [0.1, 0.15) is 29.8 Å².